The van der Waals surface area contributed by atoms with Crippen LogP contribution in [0, 0.1) is 24.6 Å². The summed E-state index contributed by atoms with van der Waals surface area (Å²) in [5.74, 6) is 5.45. The Morgan fingerprint density at radius 2 is 1.82 bits per heavy atom. The molecule has 0 radical (unpaired) electrons. The lowest BCUT2D eigenvalue weighted by molar-refractivity contribution is -0.117. The predicted octanol–water partition coefficient (Wildman–Crippen LogP) is 10.1. The van der Waals surface area contributed by atoms with E-state index in [1.165, 1.54) is 35.5 Å². The summed E-state index contributed by atoms with van der Waals surface area (Å²) in [5.41, 5.74) is 1.78. The molecule has 0 saturated heterocycles. The molecular formula is C48H60FN7O8S2Si. The highest BCUT2D eigenvalue weighted by Gasteiger charge is 2.30. The molecule has 358 valence electrons. The van der Waals surface area contributed by atoms with Crippen molar-refractivity contribution in [3.05, 3.63) is 92.9 Å². The van der Waals surface area contributed by atoms with E-state index in [4.69, 9.17) is 38.4 Å². The summed E-state index contributed by atoms with van der Waals surface area (Å²) in [6.45, 7) is 19.6. The van der Waals surface area contributed by atoms with Crippen LogP contribution in [0.3, 0.4) is 0 Å². The number of rotatable bonds is 18. The van der Waals surface area contributed by atoms with Crippen LogP contribution in [-0.2, 0) is 36.8 Å². The Bertz CT molecular complexity index is 2730. The smallest absolute Gasteiger partial charge is 0.410 e. The number of benzene rings is 2. The molecule has 0 saturated carbocycles. The van der Waals surface area contributed by atoms with Crippen LogP contribution in [-0.4, -0.2) is 96.6 Å². The Kier molecular flexibility index (Phi) is 16.5. The lowest BCUT2D eigenvalue weighted by Gasteiger charge is -2.23. The van der Waals surface area contributed by atoms with Gasteiger partial charge in [0.1, 0.15) is 24.4 Å². The third kappa shape index (κ3) is 14.3. The molecule has 1 amide bonds. The Hall–Kier alpha value is -5.81. The van der Waals surface area contributed by atoms with E-state index in [1.807, 2.05) is 43.9 Å². The van der Waals surface area contributed by atoms with E-state index in [0.29, 0.717) is 72.1 Å². The topological polar surface area (TPSA) is 152 Å². The van der Waals surface area contributed by atoms with Gasteiger partial charge in [0.2, 0.25) is 5.79 Å². The molecule has 0 aliphatic carbocycles. The SMILES string of the molecule is COC(=O)c1nc(N(CCC2=COC(C)(C)O2)c2cc(C)c(N=c3sc4ccccc4n3COCC[Si](C)(C)C)nn2)sc1CCCOc1ccc(C#CCN(C)C(=O)OC(C)(C)C)cc1F. The fourth-order valence-electron chi connectivity index (χ4n) is 6.43. The maximum absolute atomic E-state index is 15.1. The number of methoxy groups -OCH3 is 1. The third-order valence-corrected chi connectivity index (χ3v) is 13.9. The van der Waals surface area contributed by atoms with Gasteiger partial charge >= 0.3 is 12.1 Å². The van der Waals surface area contributed by atoms with Crippen LogP contribution in [0.15, 0.2) is 65.5 Å². The number of aryl methyl sites for hydroxylation is 2. The first-order chi connectivity index (χ1) is 31.7. The van der Waals surface area contributed by atoms with Crippen molar-refractivity contribution >= 4 is 69.8 Å². The number of nitrogens with zero attached hydrogens (tertiary/aromatic N) is 7. The van der Waals surface area contributed by atoms with Crippen LogP contribution in [0.25, 0.3) is 10.2 Å². The molecular weight excluding hydrogens is 914 g/mol. The molecule has 4 heterocycles. The summed E-state index contributed by atoms with van der Waals surface area (Å²) in [6, 6.07) is 15.6. The first-order valence-electron chi connectivity index (χ1n) is 22.0. The van der Waals surface area contributed by atoms with E-state index < -0.39 is 37.3 Å². The second-order valence-electron chi connectivity index (χ2n) is 18.6. The number of para-hydroxylation sites is 1. The molecule has 19 heteroatoms. The largest absolute Gasteiger partial charge is 0.491 e. The average Bonchev–Trinajstić information content (AvgIpc) is 3.95. The van der Waals surface area contributed by atoms with Crippen LogP contribution in [0.5, 0.6) is 5.75 Å². The van der Waals surface area contributed by atoms with Gasteiger partial charge in [-0.15, -0.1) is 21.5 Å². The zero-order valence-corrected chi connectivity index (χ0v) is 42.8. The van der Waals surface area contributed by atoms with Crippen LogP contribution >= 0.6 is 22.7 Å². The fourth-order valence-corrected chi connectivity index (χ4v) is 9.33. The molecule has 3 aromatic heterocycles. The number of aromatic nitrogens is 4. The second-order valence-corrected chi connectivity index (χ2v) is 26.2. The van der Waals surface area contributed by atoms with E-state index in [-0.39, 0.29) is 24.6 Å². The number of anilines is 2. The van der Waals surface area contributed by atoms with E-state index in [1.54, 1.807) is 51.5 Å². The number of carbonyl (C=O) groups excluding carboxylic acids is 2. The minimum atomic E-state index is -1.27. The molecule has 0 fully saturated rings. The first-order valence-corrected chi connectivity index (χ1v) is 27.3. The van der Waals surface area contributed by atoms with Gasteiger partial charge in [-0.25, -0.2) is 19.0 Å². The normalized spacial score (nSPS) is 13.6. The van der Waals surface area contributed by atoms with Crippen molar-refractivity contribution in [2.24, 2.45) is 4.99 Å². The van der Waals surface area contributed by atoms with Gasteiger partial charge in [0, 0.05) is 59.0 Å². The summed E-state index contributed by atoms with van der Waals surface area (Å²) < 4.78 is 52.5. The van der Waals surface area contributed by atoms with Gasteiger partial charge in [0.05, 0.1) is 30.5 Å². The fraction of sp³-hybridized carbons (Fsp3) is 0.458. The molecule has 67 heavy (non-hydrogen) atoms. The van der Waals surface area contributed by atoms with Gasteiger partial charge in [-0.1, -0.05) is 55.0 Å². The van der Waals surface area contributed by atoms with Crippen molar-refractivity contribution in [3.8, 4) is 17.6 Å². The molecule has 6 rings (SSSR count). The maximum atomic E-state index is 15.1. The number of carbonyl (C=O) groups is 2. The minimum absolute atomic E-state index is 0.0634. The molecule has 0 bridgehead atoms. The van der Waals surface area contributed by atoms with Gasteiger partial charge in [0.15, 0.2) is 38.8 Å². The maximum Gasteiger partial charge on any atom is 0.410 e. The van der Waals surface area contributed by atoms with Crippen molar-refractivity contribution in [2.75, 3.05) is 45.4 Å². The summed E-state index contributed by atoms with van der Waals surface area (Å²) in [6.07, 6.45) is 2.37. The lowest BCUT2D eigenvalue weighted by Crippen LogP contribution is -2.34. The highest BCUT2D eigenvalue weighted by Crippen LogP contribution is 2.35. The van der Waals surface area contributed by atoms with Gasteiger partial charge in [0.25, 0.3) is 0 Å². The first kappa shape index (κ1) is 50.6. The summed E-state index contributed by atoms with van der Waals surface area (Å²) in [4.78, 5) is 39.8. The van der Waals surface area contributed by atoms with Crippen LogP contribution < -0.4 is 14.4 Å². The zero-order chi connectivity index (χ0) is 48.5. The number of amides is 1. The molecule has 15 nitrogen and oxygen atoms in total. The third-order valence-electron chi connectivity index (χ3n) is 9.95. The van der Waals surface area contributed by atoms with E-state index >= 15 is 4.39 Å². The zero-order valence-electron chi connectivity index (χ0n) is 40.2. The summed E-state index contributed by atoms with van der Waals surface area (Å²) in [7, 11) is 1.63. The number of fused-ring (bicyclic) bond motifs is 1. The van der Waals surface area contributed by atoms with Gasteiger partial charge in [-0.3, -0.25) is 4.57 Å². The molecule has 0 spiro atoms. The van der Waals surface area contributed by atoms with E-state index in [2.05, 4.69) is 58.4 Å². The van der Waals surface area contributed by atoms with Crippen LogP contribution in [0.4, 0.5) is 26.0 Å². The summed E-state index contributed by atoms with van der Waals surface area (Å²) >= 11 is 2.88. The number of hydrogen-bond donors (Lipinski definition) is 0. The number of halogens is 1. The Morgan fingerprint density at radius 3 is 2.51 bits per heavy atom. The van der Waals surface area contributed by atoms with Gasteiger partial charge in [-0.2, -0.15) is 4.99 Å². The van der Waals surface area contributed by atoms with Gasteiger partial charge < -0.3 is 38.2 Å². The predicted molar refractivity (Wildman–Crippen MR) is 261 cm³/mol. The molecule has 1 aliphatic heterocycles. The number of ether oxygens (including phenoxy) is 6. The lowest BCUT2D eigenvalue weighted by atomic mass is 10.2. The van der Waals surface area contributed by atoms with Crippen molar-refractivity contribution in [1.29, 1.82) is 0 Å². The molecule has 0 N–H and O–H groups in total. The monoisotopic (exact) mass is 973 g/mol. The Labute approximate surface area is 400 Å². The summed E-state index contributed by atoms with van der Waals surface area (Å²) in [5, 5.41) is 9.78. The highest BCUT2D eigenvalue weighted by atomic mass is 32.1. The second kappa shape index (κ2) is 21.9. The van der Waals surface area contributed by atoms with Crippen molar-refractivity contribution < 1.29 is 42.4 Å². The minimum Gasteiger partial charge on any atom is -0.491 e. The molecule has 1 aliphatic rings. The number of esters is 1. The number of thiazole rings is 2. The Morgan fingerprint density at radius 1 is 1.04 bits per heavy atom. The van der Waals surface area contributed by atoms with E-state index in [0.717, 1.165) is 26.6 Å². The number of hydrogen-bond acceptors (Lipinski definition) is 15. The van der Waals surface area contributed by atoms with Crippen molar-refractivity contribution in [3.63, 3.8) is 0 Å². The highest BCUT2D eigenvalue weighted by molar-refractivity contribution is 7.16. The average molecular weight is 974 g/mol. The van der Waals surface area contributed by atoms with E-state index in [9.17, 15) is 9.59 Å². The molecule has 5 aromatic rings. The van der Waals surface area contributed by atoms with Crippen LogP contribution in [0.1, 0.15) is 74.0 Å². The Balaban J connectivity index is 1.19. The molecule has 0 unspecified atom stereocenters. The molecule has 2 aromatic carbocycles. The quantitative estimate of drug-likeness (QED) is 0.0356. The van der Waals surface area contributed by atoms with Crippen molar-refractivity contribution in [1.82, 2.24) is 24.6 Å². The standard InChI is InChI=1S/C48H60FN7O8S2Si/c1-32-28-40(52-53-42(32)51-45-56(31-60-26-27-67(9,10)11)36-17-12-13-18-38(36)65-45)55(24-22-34-30-62-48(5,6)63-34)44-50-41(43(57)59-8)39(66-44)19-15-25-61-37-21-20-33(29-35(37)49)16-14-23-54(7)46(58)64-47(2,3)4/h12-13,17-18,20-21,28-30H,15,19,22-27,31H2,1-11H3. The molecule has 0 atom stereocenters. The van der Waals surface area contributed by atoms with Crippen molar-refractivity contribution in [2.45, 2.75) is 105 Å². The van der Waals surface area contributed by atoms with Gasteiger partial charge in [-0.05, 0) is 88.5 Å². The van der Waals surface area contributed by atoms with Crippen LogP contribution in [0.2, 0.25) is 25.7 Å².